The van der Waals surface area contributed by atoms with E-state index in [9.17, 15) is 0 Å². The Hall–Kier alpha value is 0.170. The lowest BCUT2D eigenvalue weighted by Gasteiger charge is -2.29. The smallest absolute Gasteiger partial charge is 0.0738 e. The molecule has 92 valence electrons. The first-order valence-corrected chi connectivity index (χ1v) is 7.42. The summed E-state index contributed by atoms with van der Waals surface area (Å²) in [5.74, 6) is 0.610. The molecule has 4 heteroatoms. The Morgan fingerprint density at radius 2 is 1.94 bits per heavy atom. The van der Waals surface area contributed by atoms with E-state index in [1.807, 2.05) is 18.7 Å². The van der Waals surface area contributed by atoms with E-state index in [-0.39, 0.29) is 0 Å². The minimum Gasteiger partial charge on any atom is -0.271 e. The molecule has 0 spiro atoms. The van der Waals surface area contributed by atoms with Crippen LogP contribution >= 0.6 is 31.9 Å². The van der Waals surface area contributed by atoms with Crippen LogP contribution < -0.4 is 0 Å². The summed E-state index contributed by atoms with van der Waals surface area (Å²) in [5.41, 5.74) is 2.66. The number of hydrogen-bond acceptors (Lipinski definition) is 1. The number of alkyl halides is 1. The fourth-order valence-electron chi connectivity index (χ4n) is 1.73. The van der Waals surface area contributed by atoms with Gasteiger partial charge in [-0.2, -0.15) is 5.10 Å². The van der Waals surface area contributed by atoms with Gasteiger partial charge in [0.25, 0.3) is 0 Å². The SMILES string of the molecule is Cc1nn(C)c(CC(CBr)C(C)(C)C)c1Br. The van der Waals surface area contributed by atoms with Crippen LogP contribution in [0.1, 0.15) is 32.2 Å². The van der Waals surface area contributed by atoms with Gasteiger partial charge in [0.1, 0.15) is 0 Å². The van der Waals surface area contributed by atoms with Crippen molar-refractivity contribution in [2.45, 2.75) is 34.1 Å². The molecule has 1 aromatic rings. The molecule has 1 rings (SSSR count). The molecular weight excluding hydrogens is 332 g/mol. The van der Waals surface area contributed by atoms with Crippen molar-refractivity contribution in [2.24, 2.45) is 18.4 Å². The minimum atomic E-state index is 0.307. The Balaban J connectivity index is 2.95. The molecule has 0 aliphatic carbocycles. The summed E-state index contributed by atoms with van der Waals surface area (Å²) in [7, 11) is 2.01. The van der Waals surface area contributed by atoms with Gasteiger partial charge in [0.15, 0.2) is 0 Å². The van der Waals surface area contributed by atoms with Crippen LogP contribution in [0.15, 0.2) is 4.47 Å². The van der Waals surface area contributed by atoms with E-state index in [0.717, 1.165) is 21.9 Å². The van der Waals surface area contributed by atoms with Crippen LogP contribution in [0.5, 0.6) is 0 Å². The van der Waals surface area contributed by atoms with E-state index in [2.05, 4.69) is 57.7 Å². The largest absolute Gasteiger partial charge is 0.271 e. The second-order valence-corrected chi connectivity index (χ2v) is 6.83. The molecule has 0 saturated heterocycles. The Morgan fingerprint density at radius 3 is 2.25 bits per heavy atom. The number of halogens is 2. The van der Waals surface area contributed by atoms with E-state index in [1.165, 1.54) is 5.69 Å². The molecule has 2 nitrogen and oxygen atoms in total. The zero-order chi connectivity index (χ0) is 12.5. The molecule has 1 aromatic heterocycles. The topological polar surface area (TPSA) is 17.8 Å². The highest BCUT2D eigenvalue weighted by Gasteiger charge is 2.26. The van der Waals surface area contributed by atoms with Gasteiger partial charge >= 0.3 is 0 Å². The fourth-order valence-corrected chi connectivity index (χ4v) is 3.43. The van der Waals surface area contributed by atoms with Crippen molar-refractivity contribution in [3.63, 3.8) is 0 Å². The van der Waals surface area contributed by atoms with Gasteiger partial charge in [-0.1, -0.05) is 36.7 Å². The van der Waals surface area contributed by atoms with Crippen molar-refractivity contribution in [2.75, 3.05) is 5.33 Å². The predicted molar refractivity (Wildman–Crippen MR) is 76.1 cm³/mol. The first-order chi connectivity index (χ1) is 7.27. The zero-order valence-corrected chi connectivity index (χ0v) is 13.8. The zero-order valence-electron chi connectivity index (χ0n) is 10.6. The maximum absolute atomic E-state index is 4.43. The van der Waals surface area contributed by atoms with E-state index >= 15 is 0 Å². The minimum absolute atomic E-state index is 0.307. The predicted octanol–water partition coefficient (Wildman–Crippen LogP) is 4.09. The molecule has 0 N–H and O–H groups in total. The van der Waals surface area contributed by atoms with Crippen LogP contribution in [0.4, 0.5) is 0 Å². The second kappa shape index (κ2) is 5.21. The molecule has 0 aromatic carbocycles. The maximum atomic E-state index is 4.43. The van der Waals surface area contributed by atoms with Gasteiger partial charge in [0.2, 0.25) is 0 Å². The highest BCUT2D eigenvalue weighted by Crippen LogP contribution is 2.33. The normalized spacial score (nSPS) is 14.2. The summed E-state index contributed by atoms with van der Waals surface area (Å²) < 4.78 is 3.14. The molecule has 1 heterocycles. The van der Waals surface area contributed by atoms with E-state index in [0.29, 0.717) is 11.3 Å². The second-order valence-electron chi connectivity index (χ2n) is 5.39. The lowest BCUT2D eigenvalue weighted by Crippen LogP contribution is -2.25. The van der Waals surface area contributed by atoms with Crippen LogP contribution in [-0.4, -0.2) is 15.1 Å². The van der Waals surface area contributed by atoms with Gasteiger partial charge in [-0.15, -0.1) is 0 Å². The molecule has 0 fully saturated rings. The third-order valence-corrected chi connectivity index (χ3v) is 4.93. The van der Waals surface area contributed by atoms with E-state index in [4.69, 9.17) is 0 Å². The van der Waals surface area contributed by atoms with Crippen LogP contribution in [0.2, 0.25) is 0 Å². The highest BCUT2D eigenvalue weighted by molar-refractivity contribution is 9.10. The monoisotopic (exact) mass is 350 g/mol. The van der Waals surface area contributed by atoms with Crippen molar-refractivity contribution in [1.29, 1.82) is 0 Å². The summed E-state index contributed by atoms with van der Waals surface area (Å²) in [5, 5.41) is 5.46. The van der Waals surface area contributed by atoms with Crippen molar-refractivity contribution in [3.8, 4) is 0 Å². The summed E-state index contributed by atoms with van der Waals surface area (Å²) >= 11 is 7.25. The number of aromatic nitrogens is 2. The Kier molecular flexibility index (Phi) is 4.64. The van der Waals surface area contributed by atoms with Crippen LogP contribution in [0, 0.1) is 18.3 Å². The lowest BCUT2D eigenvalue weighted by atomic mass is 9.79. The first kappa shape index (κ1) is 14.2. The molecule has 0 aliphatic heterocycles. The summed E-state index contributed by atoms with van der Waals surface area (Å²) in [6.45, 7) is 8.90. The average molecular weight is 352 g/mol. The van der Waals surface area contributed by atoms with Gasteiger partial charge in [-0.25, -0.2) is 0 Å². The summed E-state index contributed by atoms with van der Waals surface area (Å²) in [6.07, 6.45) is 1.05. The quantitative estimate of drug-likeness (QED) is 0.750. The van der Waals surface area contributed by atoms with Gasteiger partial charge in [-0.05, 0) is 40.6 Å². The number of nitrogens with zero attached hydrogens (tertiary/aromatic N) is 2. The summed E-state index contributed by atoms with van der Waals surface area (Å²) in [4.78, 5) is 0. The van der Waals surface area contributed by atoms with Crippen LogP contribution in [0.25, 0.3) is 0 Å². The standard InChI is InChI=1S/C12H20Br2N2/c1-8-11(14)10(16(5)15-8)6-9(7-13)12(2,3)4/h9H,6-7H2,1-5H3. The molecule has 16 heavy (non-hydrogen) atoms. The lowest BCUT2D eigenvalue weighted by molar-refractivity contribution is 0.263. The van der Waals surface area contributed by atoms with Crippen LogP contribution in [-0.2, 0) is 13.5 Å². The first-order valence-electron chi connectivity index (χ1n) is 5.51. The van der Waals surface area contributed by atoms with Crippen molar-refractivity contribution in [1.82, 2.24) is 9.78 Å². The molecule has 1 unspecified atom stereocenters. The van der Waals surface area contributed by atoms with Crippen molar-refractivity contribution in [3.05, 3.63) is 15.9 Å². The summed E-state index contributed by atoms with van der Waals surface area (Å²) in [6, 6.07) is 0. The molecule has 1 atom stereocenters. The average Bonchev–Trinajstić information content (AvgIpc) is 2.37. The van der Waals surface area contributed by atoms with Gasteiger partial charge in [0.05, 0.1) is 15.9 Å². The molecule has 0 radical (unpaired) electrons. The Morgan fingerprint density at radius 1 is 1.38 bits per heavy atom. The van der Waals surface area contributed by atoms with Gasteiger partial charge in [-0.3, -0.25) is 4.68 Å². The Bertz CT molecular complexity index is 364. The molecule has 0 saturated carbocycles. The van der Waals surface area contributed by atoms with Gasteiger partial charge < -0.3 is 0 Å². The number of hydrogen-bond donors (Lipinski definition) is 0. The Labute approximate surface area is 115 Å². The van der Waals surface area contributed by atoms with Gasteiger partial charge in [0, 0.05) is 12.4 Å². The molecule has 0 aliphatic rings. The van der Waals surface area contributed by atoms with Crippen molar-refractivity contribution < 1.29 is 0 Å². The highest BCUT2D eigenvalue weighted by atomic mass is 79.9. The third-order valence-electron chi connectivity index (χ3n) is 3.11. The fraction of sp³-hybridized carbons (Fsp3) is 0.750. The maximum Gasteiger partial charge on any atom is 0.0738 e. The number of rotatable bonds is 3. The van der Waals surface area contributed by atoms with E-state index < -0.39 is 0 Å². The molecule has 0 bridgehead atoms. The third kappa shape index (κ3) is 3.10. The molecule has 0 amide bonds. The molecular formula is C12H20Br2N2. The van der Waals surface area contributed by atoms with Crippen LogP contribution in [0.3, 0.4) is 0 Å². The number of aryl methyl sites for hydroxylation is 2. The van der Waals surface area contributed by atoms with Crippen molar-refractivity contribution >= 4 is 31.9 Å². The van der Waals surface area contributed by atoms with E-state index in [1.54, 1.807) is 0 Å².